The van der Waals surface area contributed by atoms with Crippen LogP contribution in [0.5, 0.6) is 0 Å². The van der Waals surface area contributed by atoms with E-state index >= 15 is 0 Å². The third kappa shape index (κ3) is 4.28. The number of pyridine rings is 1. The number of carbonyl (C=O) groups excluding carboxylic acids is 2. The number of alkyl halides is 3. The topological polar surface area (TPSA) is 137 Å². The fourth-order valence-corrected chi connectivity index (χ4v) is 5.03. The van der Waals surface area contributed by atoms with Crippen molar-refractivity contribution < 1.29 is 39.6 Å². The van der Waals surface area contributed by atoms with Gasteiger partial charge in [0.15, 0.2) is 0 Å². The van der Waals surface area contributed by atoms with Crippen molar-refractivity contribution in [3.05, 3.63) is 48.2 Å². The average molecular weight is 548 g/mol. The van der Waals surface area contributed by atoms with E-state index in [1.807, 2.05) is 0 Å². The number of aromatic nitrogens is 1. The lowest BCUT2D eigenvalue weighted by Crippen LogP contribution is -2.36. The molecule has 1 aliphatic heterocycles. The number of benzene rings is 1. The first-order chi connectivity index (χ1) is 16.6. The molecule has 0 radical (unpaired) electrons. The first-order valence-corrected chi connectivity index (χ1v) is 13.3. The van der Waals surface area contributed by atoms with Crippen LogP contribution in [-0.2, 0) is 31.4 Å². The molecule has 36 heavy (non-hydrogen) atoms. The van der Waals surface area contributed by atoms with Crippen molar-refractivity contribution in [2.24, 2.45) is 0 Å². The lowest BCUT2D eigenvalue weighted by atomic mass is 10.2. The van der Waals surface area contributed by atoms with Crippen LogP contribution in [0.2, 0.25) is 0 Å². The minimum Gasteiger partial charge on any atom is -0.305 e. The second-order valence-corrected chi connectivity index (χ2v) is 12.2. The quantitative estimate of drug-likeness (QED) is 0.524. The minimum absolute atomic E-state index is 0.00217. The predicted molar refractivity (Wildman–Crippen MR) is 121 cm³/mol. The van der Waals surface area contributed by atoms with Crippen molar-refractivity contribution in [3.63, 3.8) is 0 Å². The summed E-state index contributed by atoms with van der Waals surface area (Å²) in [6.07, 6.45) is 2.06. The Morgan fingerprint density at radius 1 is 1.06 bits per heavy atom. The molecule has 16 heteroatoms. The molecule has 194 valence electrons. The smallest absolute Gasteiger partial charge is 0.305 e. The zero-order chi connectivity index (χ0) is 26.7. The molecule has 0 unspecified atom stereocenters. The molecule has 2 heterocycles. The maximum Gasteiger partial charge on any atom is 0.501 e. The molecule has 2 fully saturated rings. The molecular formula is C20H20F3N5O6S2. The number of anilines is 2. The number of nitrogens with zero attached hydrogens (tertiary/aromatic N) is 4. The highest BCUT2D eigenvalue weighted by Crippen LogP contribution is 2.49. The van der Waals surface area contributed by atoms with Crippen LogP contribution in [0.15, 0.2) is 47.5 Å². The monoisotopic (exact) mass is 547 g/mol. The third-order valence-electron chi connectivity index (χ3n) is 5.85. The van der Waals surface area contributed by atoms with E-state index in [-0.39, 0.29) is 18.1 Å². The fourth-order valence-electron chi connectivity index (χ4n) is 3.71. The standard InChI is InChI=1S/C20H20F3N5O6S2/c1-26(2)36(33,34)25-16-11-13(7-10-24-16)12-27-18(30)28(17(29)19(27)8-9-19)14-3-5-15(6-4-14)35(31,32)20(21,22)23/h3-7,10-11H,8-9,12H2,1-2H3,(H,24,25). The molecule has 1 N–H and O–H groups in total. The summed E-state index contributed by atoms with van der Waals surface area (Å²) in [5.41, 5.74) is -6.23. The molecule has 0 atom stereocenters. The molecule has 0 bridgehead atoms. The summed E-state index contributed by atoms with van der Waals surface area (Å²) in [5, 5.41) is 0. The first-order valence-electron chi connectivity index (χ1n) is 10.3. The van der Waals surface area contributed by atoms with Gasteiger partial charge in [0.2, 0.25) is 0 Å². The van der Waals surface area contributed by atoms with Gasteiger partial charge in [0.1, 0.15) is 11.4 Å². The summed E-state index contributed by atoms with van der Waals surface area (Å²) < 4.78 is 89.0. The van der Waals surface area contributed by atoms with Gasteiger partial charge < -0.3 is 4.90 Å². The van der Waals surface area contributed by atoms with Crippen LogP contribution < -0.4 is 9.62 Å². The van der Waals surface area contributed by atoms with Gasteiger partial charge in [-0.05, 0) is 54.8 Å². The molecule has 1 aliphatic carbocycles. The Morgan fingerprint density at radius 2 is 1.67 bits per heavy atom. The number of urea groups is 1. The molecule has 1 saturated heterocycles. The molecule has 1 aromatic carbocycles. The number of halogens is 3. The molecule has 2 aromatic rings. The predicted octanol–water partition coefficient (Wildman–Crippen LogP) is 2.09. The maximum absolute atomic E-state index is 13.2. The highest BCUT2D eigenvalue weighted by atomic mass is 32.2. The first kappa shape index (κ1) is 25.8. The summed E-state index contributed by atoms with van der Waals surface area (Å²) in [6, 6.07) is 5.52. The van der Waals surface area contributed by atoms with Crippen molar-refractivity contribution in [1.29, 1.82) is 0 Å². The summed E-state index contributed by atoms with van der Waals surface area (Å²) in [6.45, 7) is -0.0686. The van der Waals surface area contributed by atoms with Crippen LogP contribution in [0, 0.1) is 0 Å². The van der Waals surface area contributed by atoms with Crippen molar-refractivity contribution in [3.8, 4) is 0 Å². The second-order valence-electron chi connectivity index (χ2n) is 8.42. The number of nitrogens with one attached hydrogen (secondary N) is 1. The molecule has 3 amide bonds. The van der Waals surface area contributed by atoms with Crippen LogP contribution in [0.1, 0.15) is 18.4 Å². The highest BCUT2D eigenvalue weighted by molar-refractivity contribution is 7.92. The minimum atomic E-state index is -5.58. The Kier molecular flexibility index (Phi) is 6.04. The highest BCUT2D eigenvalue weighted by Gasteiger charge is 2.65. The van der Waals surface area contributed by atoms with Gasteiger partial charge in [0.05, 0.1) is 10.6 Å². The van der Waals surface area contributed by atoms with Crippen molar-refractivity contribution >= 4 is 43.5 Å². The summed E-state index contributed by atoms with van der Waals surface area (Å²) in [5.74, 6) is -0.580. The summed E-state index contributed by atoms with van der Waals surface area (Å²) >= 11 is 0. The Balaban J connectivity index is 1.59. The van der Waals surface area contributed by atoms with Crippen LogP contribution in [0.25, 0.3) is 0 Å². The number of sulfone groups is 1. The third-order valence-corrected chi connectivity index (χ3v) is 8.78. The average Bonchev–Trinajstić information content (AvgIpc) is 3.55. The van der Waals surface area contributed by atoms with Crippen molar-refractivity contribution in [2.75, 3.05) is 23.7 Å². The maximum atomic E-state index is 13.2. The molecule has 2 aliphatic rings. The summed E-state index contributed by atoms with van der Waals surface area (Å²) in [7, 11) is -6.75. The zero-order valence-corrected chi connectivity index (χ0v) is 20.5. The van der Waals surface area contributed by atoms with Gasteiger partial charge >= 0.3 is 21.7 Å². The van der Waals surface area contributed by atoms with Crippen LogP contribution in [-0.4, -0.2) is 68.1 Å². The van der Waals surface area contributed by atoms with E-state index in [0.29, 0.717) is 30.5 Å². The lowest BCUT2D eigenvalue weighted by Gasteiger charge is -2.21. The van der Waals surface area contributed by atoms with Gasteiger partial charge in [-0.3, -0.25) is 9.52 Å². The second kappa shape index (κ2) is 8.41. The van der Waals surface area contributed by atoms with Gasteiger partial charge in [-0.1, -0.05) is 0 Å². The Hall–Kier alpha value is -3.24. The Bertz CT molecular complexity index is 1440. The molecule has 1 aromatic heterocycles. The van der Waals surface area contributed by atoms with E-state index in [1.54, 1.807) is 6.07 Å². The molecule has 4 rings (SSSR count). The molecule has 1 saturated carbocycles. The lowest BCUT2D eigenvalue weighted by molar-refractivity contribution is -0.120. The number of amides is 3. The van der Waals surface area contributed by atoms with E-state index in [0.717, 1.165) is 21.3 Å². The molecular weight excluding hydrogens is 527 g/mol. The SMILES string of the molecule is CN(C)S(=O)(=O)Nc1cc(CN2C(=O)N(c3ccc(S(=O)(=O)C(F)(F)F)cc3)C(=O)C23CC3)ccn1. The van der Waals surface area contributed by atoms with Gasteiger partial charge in [-0.15, -0.1) is 0 Å². The number of rotatable bonds is 7. The van der Waals surface area contributed by atoms with Gasteiger partial charge in [-0.2, -0.15) is 25.9 Å². The zero-order valence-electron chi connectivity index (χ0n) is 18.9. The van der Waals surface area contributed by atoms with Crippen LogP contribution in [0.3, 0.4) is 0 Å². The summed E-state index contributed by atoms with van der Waals surface area (Å²) in [4.78, 5) is 31.4. The van der Waals surface area contributed by atoms with Crippen LogP contribution >= 0.6 is 0 Å². The largest absolute Gasteiger partial charge is 0.501 e. The van der Waals surface area contributed by atoms with Crippen molar-refractivity contribution in [2.45, 2.75) is 35.3 Å². The van der Waals surface area contributed by atoms with Crippen molar-refractivity contribution in [1.82, 2.24) is 14.2 Å². The number of carbonyl (C=O) groups is 2. The normalized spacial score (nSPS) is 17.8. The van der Waals surface area contributed by atoms with E-state index in [4.69, 9.17) is 0 Å². The van der Waals surface area contributed by atoms with E-state index in [9.17, 15) is 39.6 Å². The van der Waals surface area contributed by atoms with Gasteiger partial charge in [0, 0.05) is 26.8 Å². The number of hydrogen-bond acceptors (Lipinski definition) is 7. The number of hydrogen-bond donors (Lipinski definition) is 1. The van der Waals surface area contributed by atoms with E-state index < -0.39 is 47.9 Å². The Labute approximate surface area is 204 Å². The van der Waals surface area contributed by atoms with Gasteiger partial charge in [0.25, 0.3) is 15.7 Å². The van der Waals surface area contributed by atoms with E-state index in [2.05, 4.69) is 9.71 Å². The fraction of sp³-hybridized carbons (Fsp3) is 0.350. The Morgan fingerprint density at radius 3 is 2.19 bits per heavy atom. The number of imide groups is 1. The molecule has 1 spiro atoms. The van der Waals surface area contributed by atoms with Gasteiger partial charge in [-0.25, -0.2) is 23.1 Å². The molecule has 11 nitrogen and oxygen atoms in total. The van der Waals surface area contributed by atoms with E-state index in [1.165, 1.54) is 31.3 Å². The van der Waals surface area contributed by atoms with Crippen LogP contribution in [0.4, 0.5) is 29.5 Å².